The maximum absolute atomic E-state index is 13.2. The zero-order chi connectivity index (χ0) is 24.0. The molecule has 0 aliphatic carbocycles. The lowest BCUT2D eigenvalue weighted by molar-refractivity contribution is -0.189. The van der Waals surface area contributed by atoms with Crippen LogP contribution in [0.2, 0.25) is 0 Å². The fourth-order valence-electron chi connectivity index (χ4n) is 5.07. The lowest BCUT2D eigenvalue weighted by Crippen LogP contribution is -2.51. The minimum Gasteiger partial charge on any atom is -0.338 e. The van der Waals surface area contributed by atoms with Gasteiger partial charge in [-0.3, -0.25) is 19.5 Å². The van der Waals surface area contributed by atoms with Gasteiger partial charge in [0.25, 0.3) is 11.5 Å². The lowest BCUT2D eigenvalue weighted by Gasteiger charge is -2.42. The van der Waals surface area contributed by atoms with Crippen LogP contribution < -0.4 is 5.56 Å². The van der Waals surface area contributed by atoms with E-state index in [-0.39, 0.29) is 36.4 Å². The molecule has 0 radical (unpaired) electrons. The number of nitrogens with zero attached hydrogens (tertiary/aromatic N) is 6. The number of aromatic nitrogens is 5. The molecular weight excluding hydrogens is 451 g/mol. The summed E-state index contributed by atoms with van der Waals surface area (Å²) in [6.07, 6.45) is 0.985. The number of likely N-dealkylation sites (tertiary alicyclic amines) is 2. The first kappa shape index (κ1) is 22.6. The molecule has 0 aromatic carbocycles. The number of rotatable bonds is 3. The molecule has 1 N–H and O–H groups in total. The van der Waals surface area contributed by atoms with Crippen molar-refractivity contribution in [2.45, 2.75) is 44.8 Å². The number of alkyl halides is 3. The van der Waals surface area contributed by atoms with Gasteiger partial charge in [0.05, 0.1) is 23.4 Å². The zero-order valence-corrected chi connectivity index (χ0v) is 18.8. The van der Waals surface area contributed by atoms with Crippen LogP contribution in [0.4, 0.5) is 13.2 Å². The molecule has 34 heavy (non-hydrogen) atoms. The molecule has 2 aliphatic heterocycles. The summed E-state index contributed by atoms with van der Waals surface area (Å²) in [4.78, 5) is 31.8. The molecule has 5 heterocycles. The normalized spacial score (nSPS) is 20.8. The third-order valence-electron chi connectivity index (χ3n) is 7.01. The number of fused-ring (bicyclic) bond motifs is 1. The first-order valence-electron chi connectivity index (χ1n) is 11.4. The van der Waals surface area contributed by atoms with E-state index in [0.29, 0.717) is 55.7 Å². The minimum absolute atomic E-state index is 0.0466. The van der Waals surface area contributed by atoms with E-state index in [9.17, 15) is 22.8 Å². The van der Waals surface area contributed by atoms with Crippen molar-refractivity contribution in [3.63, 3.8) is 0 Å². The van der Waals surface area contributed by atoms with E-state index in [1.54, 1.807) is 30.2 Å². The molecule has 2 fully saturated rings. The number of halogens is 3. The molecule has 1 unspecified atom stereocenters. The van der Waals surface area contributed by atoms with Gasteiger partial charge in [0.2, 0.25) is 5.95 Å². The summed E-state index contributed by atoms with van der Waals surface area (Å²) in [7, 11) is 0. The fraction of sp³-hybridized carbons (Fsp3) is 0.545. The number of nitrogens with one attached hydrogen (secondary N) is 1. The van der Waals surface area contributed by atoms with Crippen molar-refractivity contribution < 1.29 is 18.0 Å². The van der Waals surface area contributed by atoms with Gasteiger partial charge in [-0.1, -0.05) is 0 Å². The Morgan fingerprint density at radius 3 is 2.68 bits per heavy atom. The molecule has 5 rings (SSSR count). The monoisotopic (exact) mass is 477 g/mol. The largest absolute Gasteiger partial charge is 0.393 e. The van der Waals surface area contributed by atoms with Crippen LogP contribution in [-0.2, 0) is 0 Å². The summed E-state index contributed by atoms with van der Waals surface area (Å²) in [5, 5.41) is 8.61. The number of amides is 1. The molecule has 0 saturated carbocycles. The lowest BCUT2D eigenvalue weighted by atomic mass is 9.93. The maximum atomic E-state index is 13.2. The van der Waals surface area contributed by atoms with Crippen LogP contribution >= 0.6 is 0 Å². The minimum atomic E-state index is -4.15. The predicted octanol–water partition coefficient (Wildman–Crippen LogP) is 2.40. The van der Waals surface area contributed by atoms with Crippen molar-refractivity contribution in [1.29, 1.82) is 0 Å². The van der Waals surface area contributed by atoms with Crippen LogP contribution in [-0.4, -0.2) is 78.5 Å². The quantitative estimate of drug-likeness (QED) is 0.626. The molecular formula is C22H26F3N7O2. The first-order chi connectivity index (χ1) is 16.2. The fourth-order valence-corrected chi connectivity index (χ4v) is 5.07. The number of carbonyl (C=O) groups excluding carboxylic acids is 1. The molecule has 9 nitrogen and oxygen atoms in total. The summed E-state index contributed by atoms with van der Waals surface area (Å²) < 4.78 is 42.4. The van der Waals surface area contributed by atoms with Crippen LogP contribution in [0.15, 0.2) is 29.3 Å². The van der Waals surface area contributed by atoms with Crippen LogP contribution in [0.25, 0.3) is 11.5 Å². The average molecular weight is 477 g/mol. The zero-order valence-electron chi connectivity index (χ0n) is 18.8. The molecule has 0 spiro atoms. The van der Waals surface area contributed by atoms with Gasteiger partial charge in [0.15, 0.2) is 0 Å². The molecule has 182 valence electrons. The van der Waals surface area contributed by atoms with Crippen molar-refractivity contribution in [2.24, 2.45) is 5.92 Å². The van der Waals surface area contributed by atoms with Crippen LogP contribution in [0.5, 0.6) is 0 Å². The van der Waals surface area contributed by atoms with Crippen molar-refractivity contribution in [2.75, 3.05) is 26.2 Å². The van der Waals surface area contributed by atoms with Gasteiger partial charge in [-0.25, -0.2) is 9.20 Å². The van der Waals surface area contributed by atoms with E-state index in [4.69, 9.17) is 0 Å². The average Bonchev–Trinajstić information content (AvgIpc) is 3.45. The van der Waals surface area contributed by atoms with Crippen molar-refractivity contribution in [3.05, 3.63) is 46.1 Å². The van der Waals surface area contributed by atoms with Crippen molar-refractivity contribution in [1.82, 2.24) is 34.2 Å². The van der Waals surface area contributed by atoms with E-state index < -0.39 is 12.1 Å². The molecule has 2 saturated heterocycles. The highest BCUT2D eigenvalue weighted by atomic mass is 19.4. The van der Waals surface area contributed by atoms with Crippen LogP contribution in [0.1, 0.15) is 41.7 Å². The Morgan fingerprint density at radius 2 is 1.94 bits per heavy atom. The first-order valence-corrected chi connectivity index (χ1v) is 11.4. The van der Waals surface area contributed by atoms with Gasteiger partial charge in [0.1, 0.15) is 5.52 Å². The maximum Gasteiger partial charge on any atom is 0.393 e. The van der Waals surface area contributed by atoms with E-state index in [1.807, 2.05) is 4.90 Å². The van der Waals surface area contributed by atoms with Crippen LogP contribution in [0.3, 0.4) is 0 Å². The molecule has 0 bridgehead atoms. The highest BCUT2D eigenvalue weighted by Gasteiger charge is 2.43. The number of hydrogen-bond acceptors (Lipinski definition) is 5. The highest BCUT2D eigenvalue weighted by molar-refractivity contribution is 5.95. The van der Waals surface area contributed by atoms with Crippen molar-refractivity contribution in [3.8, 4) is 5.95 Å². The Hall–Kier alpha value is -3.15. The molecule has 3 aromatic heterocycles. The SMILES string of the molecule is Cc1c(C(=O)N2CCC(N3CCCC(C(F)(F)F)C3)CC2)cnn1-c1nn2cccc2c(=O)[nH]1. The van der Waals surface area contributed by atoms with E-state index in [1.165, 1.54) is 15.4 Å². The van der Waals surface area contributed by atoms with Crippen molar-refractivity contribution >= 4 is 11.4 Å². The second kappa shape index (κ2) is 8.57. The van der Waals surface area contributed by atoms with Gasteiger partial charge < -0.3 is 4.90 Å². The Bertz CT molecular complexity index is 1250. The summed E-state index contributed by atoms with van der Waals surface area (Å²) in [5.74, 6) is -1.24. The van der Waals surface area contributed by atoms with Gasteiger partial charge >= 0.3 is 6.18 Å². The second-order valence-corrected chi connectivity index (χ2v) is 9.07. The molecule has 12 heteroatoms. The Balaban J connectivity index is 1.26. The number of H-pyrrole nitrogens is 1. The Kier molecular flexibility index (Phi) is 5.70. The van der Waals surface area contributed by atoms with E-state index in [0.717, 1.165) is 0 Å². The van der Waals surface area contributed by atoms with E-state index in [2.05, 4.69) is 15.2 Å². The summed E-state index contributed by atoms with van der Waals surface area (Å²) in [5.41, 5.74) is 1.04. The summed E-state index contributed by atoms with van der Waals surface area (Å²) >= 11 is 0. The predicted molar refractivity (Wildman–Crippen MR) is 117 cm³/mol. The summed E-state index contributed by atoms with van der Waals surface area (Å²) in [6.45, 7) is 3.41. The Labute approximate surface area is 193 Å². The van der Waals surface area contributed by atoms with Gasteiger partial charge in [0, 0.05) is 31.9 Å². The molecule has 3 aromatic rings. The summed E-state index contributed by atoms with van der Waals surface area (Å²) in [6, 6.07) is 3.42. The number of piperidine rings is 2. The van der Waals surface area contributed by atoms with Gasteiger partial charge in [-0.15, -0.1) is 5.10 Å². The standard InChI is InChI=1S/C22H26F3N7O2/c1-14-17(12-26-32(14)21-27-19(33)18-5-3-9-31(18)28-21)20(34)29-10-6-16(7-11-29)30-8-2-4-15(13-30)22(23,24)25/h3,5,9,12,15-16H,2,4,6-8,10-11,13H2,1H3,(H,27,28,33). The molecule has 1 amide bonds. The number of carbonyl (C=O) groups is 1. The molecule has 1 atom stereocenters. The number of hydrogen-bond donors (Lipinski definition) is 1. The molecule has 2 aliphatic rings. The van der Waals surface area contributed by atoms with Crippen LogP contribution in [0, 0.1) is 12.8 Å². The topological polar surface area (TPSA) is 91.5 Å². The smallest absolute Gasteiger partial charge is 0.338 e. The highest BCUT2D eigenvalue weighted by Crippen LogP contribution is 2.35. The Morgan fingerprint density at radius 1 is 1.18 bits per heavy atom. The third kappa shape index (κ3) is 4.10. The number of aromatic amines is 1. The van der Waals surface area contributed by atoms with Gasteiger partial charge in [-0.2, -0.15) is 18.3 Å². The third-order valence-corrected chi connectivity index (χ3v) is 7.01. The van der Waals surface area contributed by atoms with E-state index >= 15 is 0 Å². The van der Waals surface area contributed by atoms with Gasteiger partial charge in [-0.05, 0) is 51.3 Å². The second-order valence-electron chi connectivity index (χ2n) is 9.07.